The summed E-state index contributed by atoms with van der Waals surface area (Å²) in [4.78, 5) is 1.73. The molecule has 0 unspecified atom stereocenters. The van der Waals surface area contributed by atoms with Crippen LogP contribution in [0.1, 0.15) is 23.6 Å². The van der Waals surface area contributed by atoms with Gasteiger partial charge in [0.05, 0.1) is 0 Å². The minimum atomic E-state index is -2.60. The second-order valence-electron chi connectivity index (χ2n) is 5.02. The number of alkyl halides is 2. The maximum Gasteiger partial charge on any atom is 0.240 e. The highest BCUT2D eigenvalue weighted by molar-refractivity contribution is 5.29. The number of hydrogen-bond acceptors (Lipinski definition) is 2. The van der Waals surface area contributed by atoms with Crippen LogP contribution >= 0.6 is 0 Å². The van der Waals surface area contributed by atoms with Crippen molar-refractivity contribution in [3.05, 3.63) is 34.9 Å². The molecule has 0 bridgehead atoms. The van der Waals surface area contributed by atoms with Crippen LogP contribution in [0.2, 0.25) is 0 Å². The van der Waals surface area contributed by atoms with Crippen molar-refractivity contribution in [3.8, 4) is 0 Å². The van der Waals surface area contributed by atoms with Gasteiger partial charge in [0.15, 0.2) is 0 Å². The maximum absolute atomic E-state index is 14.2. The van der Waals surface area contributed by atoms with Gasteiger partial charge >= 0.3 is 0 Å². The molecule has 0 saturated carbocycles. The Hall–Kier alpha value is -1.14. The lowest BCUT2D eigenvalue weighted by molar-refractivity contribution is 0.0709. The monoisotopic (exact) mass is 290 g/mol. The van der Waals surface area contributed by atoms with Crippen molar-refractivity contribution in [1.29, 1.82) is 0 Å². The van der Waals surface area contributed by atoms with E-state index in [0.717, 1.165) is 6.07 Å². The van der Waals surface area contributed by atoms with Gasteiger partial charge in [0, 0.05) is 44.2 Å². The van der Waals surface area contributed by atoms with Crippen LogP contribution in [0.5, 0.6) is 0 Å². The first kappa shape index (κ1) is 15.3. The Kier molecular flexibility index (Phi) is 4.99. The van der Waals surface area contributed by atoms with Crippen molar-refractivity contribution in [1.82, 2.24) is 10.2 Å². The molecule has 0 amide bonds. The molecule has 0 spiro atoms. The highest BCUT2D eigenvalue weighted by atomic mass is 19.3. The van der Waals surface area contributed by atoms with Gasteiger partial charge in [-0.1, -0.05) is 6.07 Å². The highest BCUT2D eigenvalue weighted by Crippen LogP contribution is 2.32. The van der Waals surface area contributed by atoms with Crippen LogP contribution in [0.4, 0.5) is 17.6 Å². The van der Waals surface area contributed by atoms with Gasteiger partial charge < -0.3 is 5.32 Å². The lowest BCUT2D eigenvalue weighted by Gasteiger charge is -2.35. The van der Waals surface area contributed by atoms with Crippen LogP contribution in [0.25, 0.3) is 0 Å². The molecule has 1 atom stereocenters. The minimum absolute atomic E-state index is 0.229. The van der Waals surface area contributed by atoms with Gasteiger partial charge in [0.1, 0.15) is 11.6 Å². The van der Waals surface area contributed by atoms with Crippen molar-refractivity contribution in [2.45, 2.75) is 25.8 Å². The standard InChI is InChI=1S/C14H18F4N2/c1-9-2-3-10(15)13(14(9)18)11(8-12(16)17)20-6-4-19-5-7-20/h2-3,11-12,19H,4-8H2,1H3/t11-/m1/s1. The van der Waals surface area contributed by atoms with Gasteiger partial charge in [-0.25, -0.2) is 17.6 Å². The third-order valence-electron chi connectivity index (χ3n) is 3.65. The zero-order valence-electron chi connectivity index (χ0n) is 11.3. The van der Waals surface area contributed by atoms with Crippen LogP contribution in [0.15, 0.2) is 12.1 Å². The molecule has 1 fully saturated rings. The molecule has 1 aromatic rings. The molecule has 1 aromatic carbocycles. The Balaban J connectivity index is 2.37. The average Bonchev–Trinajstić information content (AvgIpc) is 2.43. The Morgan fingerprint density at radius 3 is 2.45 bits per heavy atom. The zero-order chi connectivity index (χ0) is 14.7. The summed E-state index contributed by atoms with van der Waals surface area (Å²) in [6, 6.07) is 1.55. The summed E-state index contributed by atoms with van der Waals surface area (Å²) in [6.45, 7) is 3.79. The summed E-state index contributed by atoms with van der Waals surface area (Å²) < 4.78 is 53.8. The molecule has 1 N–H and O–H groups in total. The Morgan fingerprint density at radius 1 is 1.20 bits per heavy atom. The fourth-order valence-corrected chi connectivity index (χ4v) is 2.60. The molecule has 6 heteroatoms. The number of rotatable bonds is 4. The molecule has 112 valence electrons. The summed E-state index contributed by atoms with van der Waals surface area (Å²) in [5, 5.41) is 3.10. The van der Waals surface area contributed by atoms with E-state index in [9.17, 15) is 17.6 Å². The van der Waals surface area contributed by atoms with Crippen molar-refractivity contribution in [2.24, 2.45) is 0 Å². The molecule has 0 aliphatic carbocycles. The van der Waals surface area contributed by atoms with Crippen LogP contribution in [-0.4, -0.2) is 37.5 Å². The van der Waals surface area contributed by atoms with Crippen LogP contribution in [0.3, 0.4) is 0 Å². The van der Waals surface area contributed by atoms with Gasteiger partial charge in [-0.15, -0.1) is 0 Å². The van der Waals surface area contributed by atoms with Gasteiger partial charge in [-0.05, 0) is 18.6 Å². The molecule has 2 rings (SSSR count). The second-order valence-corrected chi connectivity index (χ2v) is 5.02. The normalized spacial score (nSPS) is 18.5. The topological polar surface area (TPSA) is 15.3 Å². The number of nitrogens with one attached hydrogen (secondary N) is 1. The van der Waals surface area contributed by atoms with Gasteiger partial charge in [-0.3, -0.25) is 4.90 Å². The van der Waals surface area contributed by atoms with Gasteiger partial charge in [0.2, 0.25) is 6.43 Å². The summed E-state index contributed by atoms with van der Waals surface area (Å²) in [5.41, 5.74) is 0.0444. The van der Waals surface area contributed by atoms with Gasteiger partial charge in [-0.2, -0.15) is 0 Å². The fraction of sp³-hybridized carbons (Fsp3) is 0.571. The van der Waals surface area contributed by atoms with Crippen molar-refractivity contribution < 1.29 is 17.6 Å². The minimum Gasteiger partial charge on any atom is -0.314 e. The largest absolute Gasteiger partial charge is 0.314 e. The number of halogens is 4. The van der Waals surface area contributed by atoms with E-state index in [1.165, 1.54) is 13.0 Å². The van der Waals surface area contributed by atoms with Gasteiger partial charge in [0.25, 0.3) is 0 Å². The molecular formula is C14H18F4N2. The van der Waals surface area contributed by atoms with E-state index in [1.807, 2.05) is 0 Å². The molecule has 20 heavy (non-hydrogen) atoms. The summed E-state index contributed by atoms with van der Waals surface area (Å²) >= 11 is 0. The first-order valence-electron chi connectivity index (χ1n) is 6.68. The summed E-state index contributed by atoms with van der Waals surface area (Å²) in [7, 11) is 0. The van der Waals surface area contributed by atoms with Crippen LogP contribution < -0.4 is 5.32 Å². The van der Waals surface area contributed by atoms with E-state index in [-0.39, 0.29) is 11.1 Å². The third-order valence-corrected chi connectivity index (χ3v) is 3.65. The predicted octanol–water partition coefficient (Wildman–Crippen LogP) is 2.87. The number of benzene rings is 1. The molecule has 0 aromatic heterocycles. The van der Waals surface area contributed by atoms with Crippen LogP contribution in [0, 0.1) is 18.6 Å². The average molecular weight is 290 g/mol. The SMILES string of the molecule is Cc1ccc(F)c([C@@H](CC(F)F)N2CCNCC2)c1F. The van der Waals surface area contributed by atoms with Crippen molar-refractivity contribution in [3.63, 3.8) is 0 Å². The van der Waals surface area contributed by atoms with E-state index in [2.05, 4.69) is 5.32 Å². The lowest BCUT2D eigenvalue weighted by atomic mass is 9.98. The summed E-state index contributed by atoms with van der Waals surface area (Å²) in [5.74, 6) is -1.47. The number of piperazine rings is 1. The Bertz CT molecular complexity index is 459. The third kappa shape index (κ3) is 3.30. The molecule has 1 aliphatic rings. The number of hydrogen-bond donors (Lipinski definition) is 1. The maximum atomic E-state index is 14.2. The van der Waals surface area contributed by atoms with E-state index in [1.54, 1.807) is 4.90 Å². The Labute approximate surface area is 115 Å². The first-order chi connectivity index (χ1) is 9.50. The second kappa shape index (κ2) is 6.54. The van der Waals surface area contributed by atoms with Crippen molar-refractivity contribution >= 4 is 0 Å². The number of nitrogens with zero attached hydrogens (tertiary/aromatic N) is 1. The predicted molar refractivity (Wildman–Crippen MR) is 68.9 cm³/mol. The van der Waals surface area contributed by atoms with Crippen LogP contribution in [-0.2, 0) is 0 Å². The van der Waals surface area contributed by atoms with Crippen molar-refractivity contribution in [2.75, 3.05) is 26.2 Å². The quantitative estimate of drug-likeness (QED) is 0.858. The fourth-order valence-electron chi connectivity index (χ4n) is 2.60. The highest BCUT2D eigenvalue weighted by Gasteiger charge is 2.30. The van der Waals surface area contributed by atoms with E-state index in [0.29, 0.717) is 26.2 Å². The molecule has 1 saturated heterocycles. The molecule has 2 nitrogen and oxygen atoms in total. The molecular weight excluding hydrogens is 272 g/mol. The first-order valence-corrected chi connectivity index (χ1v) is 6.68. The molecule has 0 radical (unpaired) electrons. The molecule has 1 heterocycles. The Morgan fingerprint density at radius 2 is 1.85 bits per heavy atom. The molecule has 1 aliphatic heterocycles. The zero-order valence-corrected chi connectivity index (χ0v) is 11.3. The smallest absolute Gasteiger partial charge is 0.240 e. The summed E-state index contributed by atoms with van der Waals surface area (Å²) in [6.07, 6.45) is -3.16. The lowest BCUT2D eigenvalue weighted by Crippen LogP contribution is -2.46. The van der Waals surface area contributed by atoms with E-state index in [4.69, 9.17) is 0 Å². The number of aryl methyl sites for hydroxylation is 1. The van der Waals surface area contributed by atoms with E-state index < -0.39 is 30.5 Å². The van der Waals surface area contributed by atoms with E-state index >= 15 is 0 Å².